The molecule has 1 saturated carbocycles. The Labute approximate surface area is 129 Å². The van der Waals surface area contributed by atoms with Crippen molar-refractivity contribution >= 4 is 39.1 Å². The van der Waals surface area contributed by atoms with Crippen LogP contribution < -0.4 is 4.74 Å². The summed E-state index contributed by atoms with van der Waals surface area (Å²) in [6.45, 7) is 0. The number of aromatic nitrogens is 2. The molecule has 1 aliphatic rings. The van der Waals surface area contributed by atoms with Gasteiger partial charge in [0, 0.05) is 16.5 Å². The number of ether oxygens (including phenoxy) is 1. The van der Waals surface area contributed by atoms with E-state index in [0.29, 0.717) is 27.7 Å². The van der Waals surface area contributed by atoms with Crippen molar-refractivity contribution in [1.29, 1.82) is 0 Å². The number of halogens is 3. The van der Waals surface area contributed by atoms with Crippen molar-refractivity contribution in [1.82, 2.24) is 9.97 Å². The molecule has 0 saturated heterocycles. The average Bonchev–Trinajstić information content (AvgIpc) is 3.16. The zero-order valence-electron chi connectivity index (χ0n) is 9.74. The van der Waals surface area contributed by atoms with Crippen LogP contribution in [0.3, 0.4) is 0 Å². The molecule has 0 radical (unpaired) electrons. The molecule has 98 valence electrons. The highest BCUT2D eigenvalue weighted by Gasteiger charge is 2.27. The summed E-state index contributed by atoms with van der Waals surface area (Å²) in [4.78, 5) is 8.57. The maximum absolute atomic E-state index is 6.10. The largest absolute Gasteiger partial charge is 0.437 e. The third-order valence-electron chi connectivity index (χ3n) is 2.74. The second-order valence-corrected chi connectivity index (χ2v) is 6.05. The smallest absolute Gasteiger partial charge is 0.224 e. The highest BCUT2D eigenvalue weighted by atomic mass is 79.9. The molecule has 1 fully saturated rings. The first-order valence-corrected chi connectivity index (χ1v) is 7.34. The van der Waals surface area contributed by atoms with Crippen LogP contribution in [0.15, 0.2) is 28.7 Å². The molecule has 0 unspecified atom stereocenters. The van der Waals surface area contributed by atoms with E-state index in [9.17, 15) is 0 Å². The minimum atomic E-state index is 0.389. The Hall–Kier alpha value is -0.840. The summed E-state index contributed by atoms with van der Waals surface area (Å²) in [5, 5.41) is 0.900. The summed E-state index contributed by atoms with van der Waals surface area (Å²) in [6.07, 6.45) is 2.22. The van der Waals surface area contributed by atoms with Gasteiger partial charge in [-0.25, -0.2) is 4.98 Å². The highest BCUT2D eigenvalue weighted by Crippen LogP contribution is 2.39. The topological polar surface area (TPSA) is 35.0 Å². The lowest BCUT2D eigenvalue weighted by Crippen LogP contribution is -1.96. The van der Waals surface area contributed by atoms with Gasteiger partial charge in [0.2, 0.25) is 5.88 Å². The van der Waals surface area contributed by atoms with Crippen molar-refractivity contribution < 1.29 is 4.74 Å². The van der Waals surface area contributed by atoms with Crippen LogP contribution in [0.4, 0.5) is 0 Å². The molecule has 1 aliphatic carbocycles. The summed E-state index contributed by atoms with van der Waals surface area (Å²) in [6, 6.07) is 6.98. The van der Waals surface area contributed by atoms with E-state index in [1.54, 1.807) is 18.2 Å². The third-order valence-corrected chi connectivity index (χ3v) is 3.72. The zero-order valence-corrected chi connectivity index (χ0v) is 12.8. The molecule has 0 amide bonds. The van der Waals surface area contributed by atoms with Gasteiger partial charge in [-0.05, 0) is 31.0 Å². The summed E-state index contributed by atoms with van der Waals surface area (Å²) in [5.41, 5.74) is 0. The maximum Gasteiger partial charge on any atom is 0.224 e. The van der Waals surface area contributed by atoms with Gasteiger partial charge in [-0.2, -0.15) is 4.98 Å². The highest BCUT2D eigenvalue weighted by molar-refractivity contribution is 9.10. The van der Waals surface area contributed by atoms with Crippen LogP contribution in [0.5, 0.6) is 11.6 Å². The standard InChI is InChI=1S/C13H9BrCl2N2O/c14-8-3-4-10(9(15)5-8)19-12-6-11(16)17-13(18-12)7-1-2-7/h3-7H,1-2H2. The molecule has 2 aromatic rings. The van der Waals surface area contributed by atoms with Gasteiger partial charge in [-0.1, -0.05) is 39.1 Å². The Balaban J connectivity index is 1.89. The molecule has 1 aromatic carbocycles. The fourth-order valence-corrected chi connectivity index (χ4v) is 2.55. The molecule has 6 heteroatoms. The number of rotatable bonds is 3. The second kappa shape index (κ2) is 5.27. The fraction of sp³-hybridized carbons (Fsp3) is 0.231. The Bertz CT molecular complexity index is 632. The molecule has 1 heterocycles. The van der Waals surface area contributed by atoms with Gasteiger partial charge in [0.15, 0.2) is 0 Å². The molecule has 3 rings (SSSR count). The van der Waals surface area contributed by atoms with Crippen LogP contribution in [0.2, 0.25) is 10.2 Å². The van der Waals surface area contributed by atoms with Crippen LogP contribution in [-0.4, -0.2) is 9.97 Å². The first-order chi connectivity index (χ1) is 9.11. The van der Waals surface area contributed by atoms with Crippen molar-refractivity contribution in [3.8, 4) is 11.6 Å². The number of hydrogen-bond acceptors (Lipinski definition) is 3. The Morgan fingerprint density at radius 3 is 2.63 bits per heavy atom. The average molecular weight is 360 g/mol. The summed E-state index contributed by atoms with van der Waals surface area (Å²) in [7, 11) is 0. The van der Waals surface area contributed by atoms with E-state index in [1.165, 1.54) is 0 Å². The van der Waals surface area contributed by atoms with E-state index >= 15 is 0 Å². The molecule has 0 atom stereocenters. The number of benzene rings is 1. The Morgan fingerprint density at radius 2 is 1.95 bits per heavy atom. The molecule has 0 bridgehead atoms. The number of hydrogen-bond donors (Lipinski definition) is 0. The van der Waals surface area contributed by atoms with Gasteiger partial charge in [0.1, 0.15) is 16.7 Å². The molecular weight excluding hydrogens is 351 g/mol. The van der Waals surface area contributed by atoms with E-state index in [1.807, 2.05) is 6.07 Å². The van der Waals surface area contributed by atoms with Crippen molar-refractivity contribution in [2.45, 2.75) is 18.8 Å². The lowest BCUT2D eigenvalue weighted by Gasteiger charge is -2.08. The van der Waals surface area contributed by atoms with E-state index < -0.39 is 0 Å². The van der Waals surface area contributed by atoms with Gasteiger partial charge in [-0.3, -0.25) is 0 Å². The molecular formula is C13H9BrCl2N2O. The summed E-state index contributed by atoms with van der Waals surface area (Å²) >= 11 is 15.4. The van der Waals surface area contributed by atoms with Gasteiger partial charge in [-0.15, -0.1) is 0 Å². The van der Waals surface area contributed by atoms with Crippen LogP contribution >= 0.6 is 39.1 Å². The van der Waals surface area contributed by atoms with Crippen molar-refractivity contribution in [2.75, 3.05) is 0 Å². The van der Waals surface area contributed by atoms with Gasteiger partial charge < -0.3 is 4.74 Å². The van der Waals surface area contributed by atoms with Gasteiger partial charge >= 0.3 is 0 Å². The van der Waals surface area contributed by atoms with E-state index in [0.717, 1.165) is 23.1 Å². The molecule has 0 spiro atoms. The first-order valence-electron chi connectivity index (χ1n) is 5.79. The fourth-order valence-electron chi connectivity index (χ4n) is 1.66. The lowest BCUT2D eigenvalue weighted by atomic mass is 10.3. The van der Waals surface area contributed by atoms with E-state index in [2.05, 4.69) is 25.9 Å². The Kier molecular flexibility index (Phi) is 3.65. The van der Waals surface area contributed by atoms with Gasteiger partial charge in [0.25, 0.3) is 0 Å². The van der Waals surface area contributed by atoms with Crippen LogP contribution in [0, 0.1) is 0 Å². The van der Waals surface area contributed by atoms with Crippen molar-refractivity contribution in [3.05, 3.63) is 44.7 Å². The maximum atomic E-state index is 6.10. The van der Waals surface area contributed by atoms with Crippen molar-refractivity contribution in [3.63, 3.8) is 0 Å². The number of nitrogens with zero attached hydrogens (tertiary/aromatic N) is 2. The van der Waals surface area contributed by atoms with Gasteiger partial charge in [0.05, 0.1) is 5.02 Å². The predicted molar refractivity (Wildman–Crippen MR) is 78.2 cm³/mol. The molecule has 3 nitrogen and oxygen atoms in total. The van der Waals surface area contributed by atoms with E-state index in [4.69, 9.17) is 27.9 Å². The quantitative estimate of drug-likeness (QED) is 0.705. The minimum absolute atomic E-state index is 0.389. The predicted octanol–water partition coefficient (Wildman–Crippen LogP) is 5.22. The van der Waals surface area contributed by atoms with Crippen LogP contribution in [-0.2, 0) is 0 Å². The minimum Gasteiger partial charge on any atom is -0.437 e. The van der Waals surface area contributed by atoms with Crippen LogP contribution in [0.25, 0.3) is 0 Å². The Morgan fingerprint density at radius 1 is 1.16 bits per heavy atom. The molecule has 1 aromatic heterocycles. The third kappa shape index (κ3) is 3.19. The zero-order chi connectivity index (χ0) is 13.4. The monoisotopic (exact) mass is 358 g/mol. The molecule has 0 N–H and O–H groups in total. The SMILES string of the molecule is Clc1cc(Oc2ccc(Br)cc2Cl)nc(C2CC2)n1. The van der Waals surface area contributed by atoms with Crippen LogP contribution in [0.1, 0.15) is 24.6 Å². The van der Waals surface area contributed by atoms with E-state index in [-0.39, 0.29) is 0 Å². The second-order valence-electron chi connectivity index (χ2n) is 4.34. The lowest BCUT2D eigenvalue weighted by molar-refractivity contribution is 0.458. The summed E-state index contributed by atoms with van der Waals surface area (Å²) in [5.74, 6) is 2.13. The molecule has 0 aliphatic heterocycles. The first kappa shape index (κ1) is 13.2. The normalized spacial score (nSPS) is 14.5. The summed E-state index contributed by atoms with van der Waals surface area (Å²) < 4.78 is 6.57. The van der Waals surface area contributed by atoms with Crippen molar-refractivity contribution in [2.24, 2.45) is 0 Å². The molecule has 19 heavy (non-hydrogen) atoms.